The molecule has 0 saturated heterocycles. The molecule has 2 aromatic heterocycles. The highest BCUT2D eigenvalue weighted by molar-refractivity contribution is 7.26. The van der Waals surface area contributed by atoms with Crippen molar-refractivity contribution in [3.05, 3.63) is 139 Å². The summed E-state index contributed by atoms with van der Waals surface area (Å²) in [6, 6.07) is 34.3. The summed E-state index contributed by atoms with van der Waals surface area (Å²) >= 11 is 1.77. The monoisotopic (exact) mass is 546 g/mol. The Morgan fingerprint density at radius 1 is 0.488 bits per heavy atom. The number of benzene rings is 6. The van der Waals surface area contributed by atoms with Crippen LogP contribution >= 0.6 is 11.3 Å². The van der Waals surface area contributed by atoms with Gasteiger partial charge < -0.3 is 0 Å². The molecule has 4 heteroatoms. The molecule has 8 aromatic rings. The van der Waals surface area contributed by atoms with E-state index >= 15 is 0 Å². The predicted molar refractivity (Wildman–Crippen MR) is 172 cm³/mol. The zero-order valence-corrected chi connectivity index (χ0v) is 22.5. The zero-order valence-electron chi connectivity index (χ0n) is 26.6. The number of thiophene rings is 1. The summed E-state index contributed by atoms with van der Waals surface area (Å²) in [7, 11) is 0. The number of hydrogen-bond acceptors (Lipinski definition) is 4. The van der Waals surface area contributed by atoms with Crippen LogP contribution in [0.25, 0.3) is 76.2 Å². The molecule has 0 atom stereocenters. The van der Waals surface area contributed by atoms with Gasteiger partial charge in [0, 0.05) is 42.2 Å². The number of fused-ring (bicyclic) bond motifs is 5. The van der Waals surface area contributed by atoms with Crippen molar-refractivity contribution >= 4 is 42.3 Å². The maximum atomic E-state index is 8.39. The molecule has 0 aliphatic rings. The van der Waals surface area contributed by atoms with Gasteiger partial charge in [-0.25, -0.2) is 15.0 Å². The molecule has 192 valence electrons. The Kier molecular flexibility index (Phi) is 4.52. The highest BCUT2D eigenvalue weighted by Gasteiger charge is 2.17. The number of nitrogens with zero attached hydrogens (tertiary/aromatic N) is 3. The van der Waals surface area contributed by atoms with Crippen molar-refractivity contribution in [2.24, 2.45) is 0 Å². The molecule has 3 nitrogen and oxygen atoms in total. The Hall–Kier alpha value is -5.19. The Balaban J connectivity index is 1.33. The van der Waals surface area contributed by atoms with Gasteiger partial charge in [0.1, 0.15) is 0 Å². The maximum absolute atomic E-state index is 8.39. The number of rotatable bonds is 4. The van der Waals surface area contributed by atoms with E-state index in [1.54, 1.807) is 23.5 Å². The summed E-state index contributed by atoms with van der Waals surface area (Å²) in [6.45, 7) is 0. The van der Waals surface area contributed by atoms with E-state index in [2.05, 4.69) is 48.5 Å². The van der Waals surface area contributed by atoms with Crippen LogP contribution in [0.2, 0.25) is 0 Å². The second kappa shape index (κ2) is 9.77. The van der Waals surface area contributed by atoms with Crippen LogP contribution in [0.15, 0.2) is 139 Å². The molecule has 0 radical (unpaired) electrons. The van der Waals surface area contributed by atoms with Crippen LogP contribution in [0.4, 0.5) is 0 Å². The van der Waals surface area contributed by atoms with Crippen molar-refractivity contribution in [1.29, 1.82) is 0 Å². The first kappa shape index (κ1) is 19.0. The maximum Gasteiger partial charge on any atom is 0.164 e. The molecule has 0 N–H and O–H groups in total. The third-order valence-corrected chi connectivity index (χ3v) is 8.43. The van der Waals surface area contributed by atoms with Gasteiger partial charge in [-0.15, -0.1) is 11.3 Å². The van der Waals surface area contributed by atoms with Crippen LogP contribution in [0.3, 0.4) is 0 Å². The van der Waals surface area contributed by atoms with E-state index in [9.17, 15) is 0 Å². The van der Waals surface area contributed by atoms with Crippen LogP contribution in [0, 0.1) is 0 Å². The summed E-state index contributed by atoms with van der Waals surface area (Å²) in [5.41, 5.74) is 3.15. The normalized spacial score (nSPS) is 13.1. The molecular formula is C37H23N3S. The van der Waals surface area contributed by atoms with E-state index in [1.807, 2.05) is 48.5 Å². The van der Waals surface area contributed by atoms with Crippen LogP contribution in [0.5, 0.6) is 0 Å². The molecule has 8 rings (SSSR count). The van der Waals surface area contributed by atoms with Crippen molar-refractivity contribution < 1.29 is 6.85 Å². The van der Waals surface area contributed by atoms with Gasteiger partial charge in [-0.1, -0.05) is 133 Å². The lowest BCUT2D eigenvalue weighted by Crippen LogP contribution is -2.00. The first-order valence-electron chi connectivity index (χ1n) is 15.7. The third kappa shape index (κ3) is 4.17. The molecule has 0 aliphatic carbocycles. The quantitative estimate of drug-likeness (QED) is 0.220. The predicted octanol–water partition coefficient (Wildman–Crippen LogP) is 10.1. The SMILES string of the molecule is [2H]c1c([2H])c([2H])c(-c2ccc(-c3nc(-c4ccccc4)nc(-c4cccc5ccc6c7ccccc7sc6c45)n3)cc2)c([2H])c1[2H]. The van der Waals surface area contributed by atoms with Gasteiger partial charge in [0.25, 0.3) is 0 Å². The molecule has 0 amide bonds. The van der Waals surface area contributed by atoms with Crippen LogP contribution in [-0.4, -0.2) is 15.0 Å². The fourth-order valence-corrected chi connectivity index (χ4v) is 6.53. The van der Waals surface area contributed by atoms with Crippen LogP contribution < -0.4 is 0 Å². The summed E-state index contributed by atoms with van der Waals surface area (Å²) in [5, 5.41) is 4.61. The minimum Gasteiger partial charge on any atom is -0.208 e. The van der Waals surface area contributed by atoms with Gasteiger partial charge in [0.15, 0.2) is 17.5 Å². The Morgan fingerprint density at radius 3 is 1.98 bits per heavy atom. The van der Waals surface area contributed by atoms with Crippen molar-refractivity contribution in [2.75, 3.05) is 0 Å². The van der Waals surface area contributed by atoms with E-state index in [1.165, 1.54) is 20.2 Å². The van der Waals surface area contributed by atoms with Gasteiger partial charge in [-0.2, -0.15) is 0 Å². The van der Waals surface area contributed by atoms with Crippen molar-refractivity contribution in [1.82, 2.24) is 15.0 Å². The Morgan fingerprint density at radius 2 is 1.17 bits per heavy atom. The fraction of sp³-hybridized carbons (Fsp3) is 0. The minimum absolute atomic E-state index is 0.155. The molecule has 0 saturated carbocycles. The highest BCUT2D eigenvalue weighted by Crippen LogP contribution is 2.41. The molecule has 2 heterocycles. The summed E-state index contributed by atoms with van der Waals surface area (Å²) in [4.78, 5) is 14.9. The van der Waals surface area contributed by atoms with Gasteiger partial charge in [-0.3, -0.25) is 0 Å². The summed E-state index contributed by atoms with van der Waals surface area (Å²) < 4.78 is 43.3. The zero-order chi connectivity index (χ0) is 31.5. The molecule has 41 heavy (non-hydrogen) atoms. The Bertz CT molecular complexity index is 2450. The molecule has 0 bridgehead atoms. The molecule has 0 fully saturated rings. The standard InChI is InChI=1S/C37H23N3S/c1-3-10-24(11-4-1)25-18-20-28(21-19-25)36-38-35(27-12-5-2-6-13-27)39-37(40-36)31-16-9-14-26-22-23-30-29-15-7-8-17-32(29)41-34(30)33(26)31/h1-23H/i1D,3D,4D,10D,11D. The lowest BCUT2D eigenvalue weighted by atomic mass is 10.0. The van der Waals surface area contributed by atoms with Crippen molar-refractivity contribution in [3.8, 4) is 45.3 Å². The van der Waals surface area contributed by atoms with E-state index in [4.69, 9.17) is 21.8 Å². The van der Waals surface area contributed by atoms with Gasteiger partial charge in [-0.05, 0) is 22.6 Å². The van der Waals surface area contributed by atoms with E-state index in [0.29, 0.717) is 28.6 Å². The highest BCUT2D eigenvalue weighted by atomic mass is 32.1. The second-order valence-corrected chi connectivity index (χ2v) is 10.7. The Labute approximate surface area is 248 Å². The lowest BCUT2D eigenvalue weighted by molar-refractivity contribution is 1.08. The average Bonchev–Trinajstić information content (AvgIpc) is 3.49. The van der Waals surface area contributed by atoms with Crippen molar-refractivity contribution in [2.45, 2.75) is 0 Å². The fourth-order valence-electron chi connectivity index (χ4n) is 5.26. The van der Waals surface area contributed by atoms with Gasteiger partial charge >= 0.3 is 0 Å². The molecule has 0 unspecified atom stereocenters. The molecular weight excluding hydrogens is 518 g/mol. The van der Waals surface area contributed by atoms with E-state index in [-0.39, 0.29) is 29.7 Å². The first-order valence-corrected chi connectivity index (χ1v) is 14.0. The smallest absolute Gasteiger partial charge is 0.164 e. The minimum atomic E-state index is -0.414. The van der Waals surface area contributed by atoms with Crippen molar-refractivity contribution in [3.63, 3.8) is 0 Å². The molecule has 0 aliphatic heterocycles. The van der Waals surface area contributed by atoms with Crippen LogP contribution in [-0.2, 0) is 0 Å². The largest absolute Gasteiger partial charge is 0.208 e. The van der Waals surface area contributed by atoms with Crippen LogP contribution in [0.1, 0.15) is 6.85 Å². The van der Waals surface area contributed by atoms with Gasteiger partial charge in [0.2, 0.25) is 0 Å². The second-order valence-electron chi connectivity index (χ2n) is 9.69. The average molecular weight is 547 g/mol. The lowest BCUT2D eigenvalue weighted by Gasteiger charge is -2.11. The summed E-state index contributed by atoms with van der Waals surface area (Å²) in [5.74, 6) is 1.56. The van der Waals surface area contributed by atoms with Gasteiger partial charge in [0.05, 0.1) is 6.85 Å². The topological polar surface area (TPSA) is 38.7 Å². The molecule has 6 aromatic carbocycles. The van der Waals surface area contributed by atoms with E-state index in [0.717, 1.165) is 21.9 Å². The molecule has 0 spiro atoms. The summed E-state index contributed by atoms with van der Waals surface area (Å²) in [6.07, 6.45) is 0. The van der Waals surface area contributed by atoms with E-state index < -0.39 is 6.04 Å². The number of aromatic nitrogens is 3. The first-order chi connectivity index (χ1) is 22.4. The third-order valence-electron chi connectivity index (χ3n) is 7.23. The number of hydrogen-bond donors (Lipinski definition) is 0.